The number of nitrogens with two attached hydrogens (primary N) is 1. The molecule has 3 heteroatoms. The predicted molar refractivity (Wildman–Crippen MR) is 69.1 cm³/mol. The van der Waals surface area contributed by atoms with Crippen LogP contribution in [0.25, 0.3) is 0 Å². The molecule has 0 amide bonds. The summed E-state index contributed by atoms with van der Waals surface area (Å²) in [6.07, 6.45) is 0.831. The first-order valence-corrected chi connectivity index (χ1v) is 6.08. The highest BCUT2D eigenvalue weighted by atomic mass is 19.1. The molecule has 0 aromatic heterocycles. The van der Waals surface area contributed by atoms with Gasteiger partial charge in [0.15, 0.2) is 11.6 Å². The molecular weight excluding hydrogens is 217 g/mol. The van der Waals surface area contributed by atoms with Crippen LogP contribution in [-0.4, -0.2) is 13.7 Å². The van der Waals surface area contributed by atoms with E-state index in [2.05, 4.69) is 13.8 Å². The number of ether oxygens (including phenoxy) is 1. The second-order valence-electron chi connectivity index (χ2n) is 4.76. The lowest BCUT2D eigenvalue weighted by atomic mass is 9.92. The molecule has 0 radical (unpaired) electrons. The third kappa shape index (κ3) is 3.19. The number of hydrogen-bond acceptors (Lipinski definition) is 2. The van der Waals surface area contributed by atoms with Crippen molar-refractivity contribution in [2.24, 2.45) is 5.73 Å². The van der Waals surface area contributed by atoms with Crippen LogP contribution in [0.4, 0.5) is 4.39 Å². The molecule has 17 heavy (non-hydrogen) atoms. The zero-order valence-corrected chi connectivity index (χ0v) is 11.1. The first kappa shape index (κ1) is 14.0. The van der Waals surface area contributed by atoms with Gasteiger partial charge in [0.05, 0.1) is 7.11 Å². The highest BCUT2D eigenvalue weighted by Crippen LogP contribution is 2.34. The average molecular weight is 239 g/mol. The van der Waals surface area contributed by atoms with Crippen molar-refractivity contribution in [3.05, 3.63) is 29.1 Å². The van der Waals surface area contributed by atoms with Gasteiger partial charge in [0.1, 0.15) is 0 Å². The Morgan fingerprint density at radius 2 is 1.94 bits per heavy atom. The Morgan fingerprint density at radius 3 is 2.41 bits per heavy atom. The van der Waals surface area contributed by atoms with Crippen LogP contribution in [0.15, 0.2) is 12.1 Å². The Morgan fingerprint density at radius 1 is 1.29 bits per heavy atom. The lowest BCUT2D eigenvalue weighted by Gasteiger charge is -2.18. The van der Waals surface area contributed by atoms with Gasteiger partial charge in [0, 0.05) is 5.56 Å². The first-order chi connectivity index (χ1) is 8.01. The van der Waals surface area contributed by atoms with Crippen molar-refractivity contribution in [3.8, 4) is 5.75 Å². The summed E-state index contributed by atoms with van der Waals surface area (Å²) in [7, 11) is 1.51. The van der Waals surface area contributed by atoms with Gasteiger partial charge in [0.2, 0.25) is 0 Å². The maximum Gasteiger partial charge on any atom is 0.165 e. The van der Waals surface area contributed by atoms with Crippen LogP contribution in [0, 0.1) is 5.82 Å². The average Bonchev–Trinajstić information content (AvgIpc) is 2.28. The SMILES string of the molecule is COc1c(F)cc(C(C)C)cc1C(C)CCN. The van der Waals surface area contributed by atoms with E-state index in [4.69, 9.17) is 10.5 Å². The Labute approximate surface area is 103 Å². The van der Waals surface area contributed by atoms with E-state index in [1.54, 1.807) is 6.07 Å². The van der Waals surface area contributed by atoms with Crippen molar-refractivity contribution >= 4 is 0 Å². The van der Waals surface area contributed by atoms with Gasteiger partial charge in [-0.3, -0.25) is 0 Å². The standard InChI is InChI=1S/C14H22FNO/c1-9(2)11-7-12(10(3)5-6-16)14(17-4)13(15)8-11/h7-10H,5-6,16H2,1-4H3. The first-order valence-electron chi connectivity index (χ1n) is 6.08. The van der Waals surface area contributed by atoms with Crippen molar-refractivity contribution in [3.63, 3.8) is 0 Å². The van der Waals surface area contributed by atoms with E-state index in [9.17, 15) is 4.39 Å². The summed E-state index contributed by atoms with van der Waals surface area (Å²) in [6, 6.07) is 3.59. The Kier molecular flexibility index (Phi) is 4.94. The monoisotopic (exact) mass is 239 g/mol. The second kappa shape index (κ2) is 6.01. The van der Waals surface area contributed by atoms with E-state index in [0.717, 1.165) is 17.5 Å². The third-order valence-electron chi connectivity index (χ3n) is 3.10. The van der Waals surface area contributed by atoms with Gasteiger partial charge < -0.3 is 10.5 Å². The van der Waals surface area contributed by atoms with Gasteiger partial charge in [-0.1, -0.05) is 26.8 Å². The molecule has 2 nitrogen and oxygen atoms in total. The number of benzene rings is 1. The lowest BCUT2D eigenvalue weighted by Crippen LogP contribution is -2.08. The number of methoxy groups -OCH3 is 1. The molecule has 1 aromatic rings. The number of hydrogen-bond donors (Lipinski definition) is 1. The Hall–Kier alpha value is -1.09. The maximum absolute atomic E-state index is 13.9. The minimum atomic E-state index is -0.280. The minimum absolute atomic E-state index is 0.211. The molecule has 1 atom stereocenters. The minimum Gasteiger partial charge on any atom is -0.493 e. The smallest absolute Gasteiger partial charge is 0.165 e. The van der Waals surface area contributed by atoms with E-state index in [1.807, 2.05) is 13.0 Å². The molecular formula is C14H22FNO. The van der Waals surface area contributed by atoms with E-state index in [-0.39, 0.29) is 11.7 Å². The van der Waals surface area contributed by atoms with Crippen molar-refractivity contribution in [1.29, 1.82) is 0 Å². The second-order valence-corrected chi connectivity index (χ2v) is 4.76. The van der Waals surface area contributed by atoms with Crippen LogP contribution in [0.3, 0.4) is 0 Å². The lowest BCUT2D eigenvalue weighted by molar-refractivity contribution is 0.377. The maximum atomic E-state index is 13.9. The molecule has 2 N–H and O–H groups in total. The van der Waals surface area contributed by atoms with Gasteiger partial charge in [-0.2, -0.15) is 0 Å². The molecule has 0 saturated carbocycles. The van der Waals surface area contributed by atoms with Crippen LogP contribution in [0.2, 0.25) is 0 Å². The quantitative estimate of drug-likeness (QED) is 0.854. The van der Waals surface area contributed by atoms with Crippen LogP contribution >= 0.6 is 0 Å². The van der Waals surface area contributed by atoms with E-state index in [0.29, 0.717) is 18.2 Å². The summed E-state index contributed by atoms with van der Waals surface area (Å²) in [4.78, 5) is 0. The van der Waals surface area contributed by atoms with Gasteiger partial charge in [-0.15, -0.1) is 0 Å². The number of halogens is 1. The fourth-order valence-electron chi connectivity index (χ4n) is 1.96. The fourth-order valence-corrected chi connectivity index (χ4v) is 1.96. The van der Waals surface area contributed by atoms with Gasteiger partial charge in [-0.05, 0) is 36.4 Å². The zero-order valence-electron chi connectivity index (χ0n) is 11.1. The van der Waals surface area contributed by atoms with Crippen LogP contribution in [0.5, 0.6) is 5.75 Å². The molecule has 0 heterocycles. The molecule has 0 aliphatic rings. The van der Waals surface area contributed by atoms with Crippen molar-refractivity contribution in [1.82, 2.24) is 0 Å². The molecule has 0 aliphatic heterocycles. The Bertz CT molecular complexity index is 377. The summed E-state index contributed by atoms with van der Waals surface area (Å²) < 4.78 is 19.1. The van der Waals surface area contributed by atoms with E-state index >= 15 is 0 Å². The van der Waals surface area contributed by atoms with E-state index in [1.165, 1.54) is 7.11 Å². The number of rotatable bonds is 5. The highest BCUT2D eigenvalue weighted by molar-refractivity contribution is 5.41. The summed E-state index contributed by atoms with van der Waals surface area (Å²) in [5, 5.41) is 0. The fraction of sp³-hybridized carbons (Fsp3) is 0.571. The van der Waals surface area contributed by atoms with Crippen LogP contribution < -0.4 is 10.5 Å². The van der Waals surface area contributed by atoms with E-state index < -0.39 is 0 Å². The molecule has 0 fully saturated rings. The molecule has 0 spiro atoms. The summed E-state index contributed by atoms with van der Waals surface area (Å²) in [5.74, 6) is 0.593. The molecule has 1 aromatic carbocycles. The highest BCUT2D eigenvalue weighted by Gasteiger charge is 2.17. The largest absolute Gasteiger partial charge is 0.493 e. The van der Waals surface area contributed by atoms with Crippen molar-refractivity contribution < 1.29 is 9.13 Å². The molecule has 1 unspecified atom stereocenters. The summed E-state index contributed by atoms with van der Waals surface area (Å²) in [6.45, 7) is 6.75. The van der Waals surface area contributed by atoms with Crippen molar-refractivity contribution in [2.75, 3.05) is 13.7 Å². The molecule has 0 saturated heterocycles. The van der Waals surface area contributed by atoms with Gasteiger partial charge in [0.25, 0.3) is 0 Å². The third-order valence-corrected chi connectivity index (χ3v) is 3.10. The predicted octanol–water partition coefficient (Wildman–Crippen LogP) is 3.41. The molecule has 1 rings (SSSR count). The molecule has 96 valence electrons. The molecule has 0 aliphatic carbocycles. The van der Waals surface area contributed by atoms with Crippen LogP contribution in [0.1, 0.15) is 50.2 Å². The summed E-state index contributed by atoms with van der Waals surface area (Å²) >= 11 is 0. The Balaban J connectivity index is 3.23. The topological polar surface area (TPSA) is 35.2 Å². The molecule has 0 bridgehead atoms. The normalized spacial score (nSPS) is 12.9. The van der Waals surface area contributed by atoms with Crippen molar-refractivity contribution in [2.45, 2.75) is 39.0 Å². The van der Waals surface area contributed by atoms with Gasteiger partial charge >= 0.3 is 0 Å². The van der Waals surface area contributed by atoms with Gasteiger partial charge in [-0.25, -0.2) is 4.39 Å². The van der Waals surface area contributed by atoms with Crippen LogP contribution in [-0.2, 0) is 0 Å². The zero-order chi connectivity index (χ0) is 13.0. The summed E-state index contributed by atoms with van der Waals surface area (Å²) in [5.41, 5.74) is 7.48.